The zero-order valence-electron chi connectivity index (χ0n) is 14.0. The highest BCUT2D eigenvalue weighted by Crippen LogP contribution is 2.28. The number of hydrogen-bond donors (Lipinski definition) is 1. The van der Waals surface area contributed by atoms with Gasteiger partial charge in [0.2, 0.25) is 0 Å². The molecule has 2 amide bonds. The van der Waals surface area contributed by atoms with Crippen molar-refractivity contribution in [2.45, 2.75) is 13.0 Å². The Morgan fingerprint density at radius 2 is 2.04 bits per heavy atom. The maximum absolute atomic E-state index is 12.8. The molecule has 0 atom stereocenters. The smallest absolute Gasteiger partial charge is 0.276 e. The zero-order valence-corrected chi connectivity index (χ0v) is 14.0. The molecule has 26 heavy (non-hydrogen) atoms. The lowest BCUT2D eigenvalue weighted by molar-refractivity contribution is 0.0948. The van der Waals surface area contributed by atoms with Crippen LogP contribution in [0.25, 0.3) is 0 Å². The van der Waals surface area contributed by atoms with Crippen LogP contribution >= 0.6 is 0 Å². The summed E-state index contributed by atoms with van der Waals surface area (Å²) in [5.41, 5.74) is 2.70. The fourth-order valence-electron chi connectivity index (χ4n) is 3.06. The summed E-state index contributed by atoms with van der Waals surface area (Å²) in [6.07, 6.45) is 3.86. The Balaban J connectivity index is 1.50. The van der Waals surface area contributed by atoms with E-state index < -0.39 is 0 Å². The maximum atomic E-state index is 12.8. The highest BCUT2D eigenvalue weighted by atomic mass is 16.3. The molecule has 6 nitrogen and oxygen atoms in total. The Bertz CT molecular complexity index is 950. The van der Waals surface area contributed by atoms with Crippen molar-refractivity contribution in [1.82, 2.24) is 10.3 Å². The topological polar surface area (TPSA) is 75.4 Å². The lowest BCUT2D eigenvalue weighted by Crippen LogP contribution is -2.30. The third-order valence-electron chi connectivity index (χ3n) is 4.38. The molecule has 3 heterocycles. The second-order valence-electron chi connectivity index (χ2n) is 6.03. The lowest BCUT2D eigenvalue weighted by atomic mass is 10.1. The minimum atomic E-state index is -0.278. The quantitative estimate of drug-likeness (QED) is 0.787. The number of nitrogens with zero attached hydrogens (tertiary/aromatic N) is 2. The van der Waals surface area contributed by atoms with Gasteiger partial charge in [-0.25, -0.2) is 0 Å². The Morgan fingerprint density at radius 1 is 1.15 bits per heavy atom. The highest BCUT2D eigenvalue weighted by Gasteiger charge is 2.26. The maximum Gasteiger partial charge on any atom is 0.276 e. The summed E-state index contributed by atoms with van der Waals surface area (Å²) in [6, 6.07) is 14.5. The number of carbonyl (C=O) groups is 2. The van der Waals surface area contributed by atoms with E-state index >= 15 is 0 Å². The second kappa shape index (κ2) is 6.84. The van der Waals surface area contributed by atoms with Gasteiger partial charge in [0.1, 0.15) is 11.5 Å². The van der Waals surface area contributed by atoms with Gasteiger partial charge in [0, 0.05) is 24.0 Å². The van der Waals surface area contributed by atoms with Gasteiger partial charge < -0.3 is 14.6 Å². The van der Waals surface area contributed by atoms with Crippen molar-refractivity contribution in [3.05, 3.63) is 83.6 Å². The molecule has 1 aliphatic rings. The average Bonchev–Trinajstić information content (AvgIpc) is 3.35. The molecule has 2 aromatic heterocycles. The number of nitrogens with one attached hydrogen (secondary N) is 1. The number of hydrogen-bond acceptors (Lipinski definition) is 4. The molecule has 0 spiro atoms. The van der Waals surface area contributed by atoms with Crippen molar-refractivity contribution in [2.24, 2.45) is 0 Å². The molecule has 0 saturated carbocycles. The summed E-state index contributed by atoms with van der Waals surface area (Å²) in [7, 11) is 0. The van der Waals surface area contributed by atoms with Gasteiger partial charge in [-0.3, -0.25) is 14.6 Å². The molecule has 0 unspecified atom stereocenters. The number of carbonyl (C=O) groups excluding carboxylic acids is 2. The van der Waals surface area contributed by atoms with Gasteiger partial charge in [0.05, 0.1) is 12.8 Å². The minimum absolute atomic E-state index is 0.198. The van der Waals surface area contributed by atoms with Crippen molar-refractivity contribution < 1.29 is 14.0 Å². The number of pyridine rings is 1. The van der Waals surface area contributed by atoms with Crippen LogP contribution in [0.2, 0.25) is 0 Å². The number of anilines is 1. The van der Waals surface area contributed by atoms with E-state index in [0.29, 0.717) is 17.9 Å². The molecule has 0 fully saturated rings. The number of furan rings is 1. The van der Waals surface area contributed by atoms with E-state index in [1.807, 2.05) is 24.3 Å². The minimum Gasteiger partial charge on any atom is -0.467 e. The summed E-state index contributed by atoms with van der Waals surface area (Å²) < 4.78 is 5.19. The average molecular weight is 347 g/mol. The van der Waals surface area contributed by atoms with Gasteiger partial charge in [-0.2, -0.15) is 0 Å². The van der Waals surface area contributed by atoms with E-state index in [-0.39, 0.29) is 24.1 Å². The van der Waals surface area contributed by atoms with Crippen LogP contribution in [0, 0.1) is 0 Å². The van der Waals surface area contributed by atoms with Gasteiger partial charge in [-0.1, -0.05) is 18.2 Å². The molecular weight excluding hydrogens is 330 g/mol. The van der Waals surface area contributed by atoms with Crippen molar-refractivity contribution in [1.29, 1.82) is 0 Å². The SMILES string of the molecule is O=C(NCc1ccco1)c1ccnc(C(=O)N2CCc3ccccc32)c1. The Kier molecular flexibility index (Phi) is 4.23. The Labute approximate surface area is 150 Å². The fraction of sp³-hybridized carbons (Fsp3) is 0.150. The van der Waals surface area contributed by atoms with Crippen molar-refractivity contribution in [2.75, 3.05) is 11.4 Å². The van der Waals surface area contributed by atoms with E-state index in [4.69, 9.17) is 4.42 Å². The Morgan fingerprint density at radius 3 is 2.88 bits per heavy atom. The molecule has 0 aliphatic carbocycles. The van der Waals surface area contributed by atoms with E-state index in [0.717, 1.165) is 17.7 Å². The van der Waals surface area contributed by atoms with Gasteiger partial charge in [0.15, 0.2) is 0 Å². The Hall–Kier alpha value is -3.41. The van der Waals surface area contributed by atoms with Crippen molar-refractivity contribution in [3.63, 3.8) is 0 Å². The molecule has 0 bridgehead atoms. The van der Waals surface area contributed by atoms with Crippen LogP contribution in [0.5, 0.6) is 0 Å². The van der Waals surface area contributed by atoms with Gasteiger partial charge in [-0.15, -0.1) is 0 Å². The van der Waals surface area contributed by atoms with Crippen molar-refractivity contribution >= 4 is 17.5 Å². The molecule has 1 N–H and O–H groups in total. The van der Waals surface area contributed by atoms with E-state index in [2.05, 4.69) is 10.3 Å². The number of amides is 2. The predicted molar refractivity (Wildman–Crippen MR) is 95.9 cm³/mol. The molecule has 0 radical (unpaired) electrons. The highest BCUT2D eigenvalue weighted by molar-refractivity contribution is 6.07. The zero-order chi connectivity index (χ0) is 17.9. The molecule has 1 aromatic carbocycles. The molecule has 4 rings (SSSR count). The monoisotopic (exact) mass is 347 g/mol. The standard InChI is InChI=1S/C20H17N3O3/c24-19(22-13-16-5-3-11-26-16)15-7-9-21-17(12-15)20(25)23-10-8-14-4-1-2-6-18(14)23/h1-7,9,11-12H,8,10,13H2,(H,22,24). The van der Waals surface area contributed by atoms with Gasteiger partial charge in [0.25, 0.3) is 11.8 Å². The summed E-state index contributed by atoms with van der Waals surface area (Å²) in [5, 5.41) is 2.77. The third-order valence-corrected chi connectivity index (χ3v) is 4.38. The molecule has 3 aromatic rings. The molecule has 1 aliphatic heterocycles. The van der Waals surface area contributed by atoms with E-state index in [1.54, 1.807) is 29.4 Å². The number of fused-ring (bicyclic) bond motifs is 1. The van der Waals surface area contributed by atoms with Gasteiger partial charge in [-0.05, 0) is 42.3 Å². The lowest BCUT2D eigenvalue weighted by Gasteiger charge is -2.17. The third kappa shape index (κ3) is 3.09. The number of benzene rings is 1. The first-order chi connectivity index (χ1) is 12.7. The molecule has 0 saturated heterocycles. The molecule has 6 heteroatoms. The van der Waals surface area contributed by atoms with Crippen LogP contribution in [0.1, 0.15) is 32.2 Å². The van der Waals surface area contributed by atoms with Gasteiger partial charge >= 0.3 is 0 Å². The first kappa shape index (κ1) is 16.1. The van der Waals surface area contributed by atoms with Crippen LogP contribution in [0.3, 0.4) is 0 Å². The molecular formula is C20H17N3O3. The summed E-state index contributed by atoms with van der Waals surface area (Å²) in [4.78, 5) is 31.0. The van der Waals surface area contributed by atoms with Crippen LogP contribution in [-0.2, 0) is 13.0 Å². The van der Waals surface area contributed by atoms with Crippen LogP contribution in [0.15, 0.2) is 65.4 Å². The normalized spacial score (nSPS) is 12.7. The first-order valence-electron chi connectivity index (χ1n) is 8.39. The van der Waals surface area contributed by atoms with Crippen molar-refractivity contribution in [3.8, 4) is 0 Å². The summed E-state index contributed by atoms with van der Waals surface area (Å²) >= 11 is 0. The van der Waals surface area contributed by atoms with Crippen LogP contribution in [0.4, 0.5) is 5.69 Å². The largest absolute Gasteiger partial charge is 0.467 e. The summed E-state index contributed by atoms with van der Waals surface area (Å²) in [5.74, 6) is 0.188. The first-order valence-corrected chi connectivity index (χ1v) is 8.39. The van der Waals surface area contributed by atoms with E-state index in [1.165, 1.54) is 12.3 Å². The number of aromatic nitrogens is 1. The molecule has 130 valence electrons. The number of rotatable bonds is 4. The number of para-hydroxylation sites is 1. The predicted octanol–water partition coefficient (Wildman–Crippen LogP) is 2.81. The van der Waals surface area contributed by atoms with Crippen LogP contribution in [-0.4, -0.2) is 23.3 Å². The summed E-state index contributed by atoms with van der Waals surface area (Å²) in [6.45, 7) is 0.908. The van der Waals surface area contributed by atoms with Crippen LogP contribution < -0.4 is 10.2 Å². The van der Waals surface area contributed by atoms with E-state index in [9.17, 15) is 9.59 Å². The second-order valence-corrected chi connectivity index (χ2v) is 6.03. The fourth-order valence-corrected chi connectivity index (χ4v) is 3.06.